The Kier molecular flexibility index (Phi) is 3.38. The predicted octanol–water partition coefficient (Wildman–Crippen LogP) is 2.20. The van der Waals surface area contributed by atoms with E-state index in [1.165, 1.54) is 0 Å². The Morgan fingerprint density at radius 3 is 2.87 bits per heavy atom. The van der Waals surface area contributed by atoms with Crippen molar-refractivity contribution >= 4 is 22.5 Å². The van der Waals surface area contributed by atoms with Crippen LogP contribution in [0.2, 0.25) is 0 Å². The van der Waals surface area contributed by atoms with Crippen LogP contribution in [0.4, 0.5) is 0 Å². The molecule has 1 aromatic carbocycles. The number of Topliss-reactive ketones (excluding diaryl/α,β-unsaturated/α-hetero) is 1. The van der Waals surface area contributed by atoms with Crippen LogP contribution in [0.25, 0.3) is 10.8 Å². The minimum absolute atomic E-state index is 0.0230. The van der Waals surface area contributed by atoms with Crippen LogP contribution < -0.4 is 0 Å². The zero-order valence-electron chi connectivity index (χ0n) is 12.8. The lowest BCUT2D eigenvalue weighted by Gasteiger charge is -2.37. The summed E-state index contributed by atoms with van der Waals surface area (Å²) in [7, 11) is 0. The molecule has 4 rings (SSSR count). The molecule has 0 unspecified atom stereocenters. The molecular weight excluding hydrogens is 292 g/mol. The number of likely N-dealkylation sites (tertiary alicyclic amines) is 1. The largest absolute Gasteiger partial charge is 0.367 e. The van der Waals surface area contributed by atoms with Gasteiger partial charge in [0.25, 0.3) is 5.91 Å². The summed E-state index contributed by atoms with van der Waals surface area (Å²) in [5.74, 6) is -0.155. The summed E-state index contributed by atoms with van der Waals surface area (Å²) >= 11 is 0. The molecule has 1 spiro atoms. The van der Waals surface area contributed by atoms with Gasteiger partial charge >= 0.3 is 0 Å². The number of hydrogen-bond donors (Lipinski definition) is 0. The van der Waals surface area contributed by atoms with E-state index in [0.717, 1.165) is 23.6 Å². The van der Waals surface area contributed by atoms with Crippen molar-refractivity contribution in [2.24, 2.45) is 0 Å². The molecule has 0 radical (unpaired) electrons. The lowest BCUT2D eigenvalue weighted by Crippen LogP contribution is -2.53. The van der Waals surface area contributed by atoms with Crippen molar-refractivity contribution in [2.75, 3.05) is 19.7 Å². The first-order chi connectivity index (χ1) is 11.2. The van der Waals surface area contributed by atoms with E-state index in [9.17, 15) is 9.59 Å². The highest BCUT2D eigenvalue weighted by Crippen LogP contribution is 2.34. The number of carbonyl (C=O) groups is 2. The molecule has 5 nitrogen and oxygen atoms in total. The maximum atomic E-state index is 12.8. The average molecular weight is 310 g/mol. The Hall–Kier alpha value is -2.27. The van der Waals surface area contributed by atoms with Gasteiger partial charge in [-0.2, -0.15) is 0 Å². The summed E-state index contributed by atoms with van der Waals surface area (Å²) < 4.78 is 5.69. The van der Waals surface area contributed by atoms with Crippen molar-refractivity contribution in [3.8, 4) is 0 Å². The molecule has 2 fully saturated rings. The second kappa shape index (κ2) is 5.42. The van der Waals surface area contributed by atoms with Gasteiger partial charge < -0.3 is 9.64 Å². The first-order valence-corrected chi connectivity index (χ1v) is 8.00. The first-order valence-electron chi connectivity index (χ1n) is 8.00. The number of benzene rings is 1. The van der Waals surface area contributed by atoms with Crippen molar-refractivity contribution in [3.63, 3.8) is 0 Å². The summed E-state index contributed by atoms with van der Waals surface area (Å²) in [5, 5.41) is 1.80. The highest BCUT2D eigenvalue weighted by Gasteiger charge is 2.46. The number of nitrogens with zero attached hydrogens (tertiary/aromatic N) is 2. The van der Waals surface area contributed by atoms with E-state index in [0.29, 0.717) is 25.3 Å². The fraction of sp³-hybridized carbons (Fsp3) is 0.389. The van der Waals surface area contributed by atoms with Gasteiger partial charge in [0.1, 0.15) is 11.3 Å². The molecule has 0 bridgehead atoms. The Morgan fingerprint density at radius 2 is 2.09 bits per heavy atom. The van der Waals surface area contributed by atoms with Gasteiger partial charge in [-0.3, -0.25) is 14.6 Å². The van der Waals surface area contributed by atoms with E-state index in [2.05, 4.69) is 4.98 Å². The molecule has 23 heavy (non-hydrogen) atoms. The van der Waals surface area contributed by atoms with Crippen molar-refractivity contribution in [1.82, 2.24) is 9.88 Å². The molecule has 0 N–H and O–H groups in total. The monoisotopic (exact) mass is 310 g/mol. The predicted molar refractivity (Wildman–Crippen MR) is 85.2 cm³/mol. The zero-order valence-corrected chi connectivity index (χ0v) is 12.8. The van der Waals surface area contributed by atoms with Gasteiger partial charge in [0.15, 0.2) is 5.78 Å². The molecule has 1 atom stereocenters. The van der Waals surface area contributed by atoms with E-state index >= 15 is 0 Å². The van der Waals surface area contributed by atoms with E-state index in [1.807, 2.05) is 30.3 Å². The molecule has 1 amide bonds. The molecular formula is C18H18N2O3. The third-order valence-corrected chi connectivity index (χ3v) is 4.89. The lowest BCUT2D eigenvalue weighted by molar-refractivity contribution is -0.144. The molecule has 0 saturated carbocycles. The number of rotatable bonds is 1. The molecule has 2 aliphatic heterocycles. The normalized spacial score (nSPS) is 24.5. The topological polar surface area (TPSA) is 59.5 Å². The molecule has 2 aromatic rings. The van der Waals surface area contributed by atoms with Gasteiger partial charge in [0, 0.05) is 31.2 Å². The second-order valence-electron chi connectivity index (χ2n) is 6.23. The molecule has 2 saturated heterocycles. The van der Waals surface area contributed by atoms with Gasteiger partial charge in [0.05, 0.1) is 6.54 Å². The number of ether oxygens (including phenoxy) is 1. The van der Waals surface area contributed by atoms with E-state index in [4.69, 9.17) is 4.74 Å². The van der Waals surface area contributed by atoms with Crippen molar-refractivity contribution < 1.29 is 14.3 Å². The summed E-state index contributed by atoms with van der Waals surface area (Å²) in [5.41, 5.74) is -0.220. The standard InChI is InChI=1S/C18H18N2O3/c21-15-12-20(10-8-18(15)7-3-11-23-18)17(22)16-14-5-2-1-4-13(14)6-9-19-16/h1-2,4-6,9H,3,7-8,10-12H2/t18-/m1/s1. The zero-order chi connectivity index (χ0) is 15.9. The fourth-order valence-electron chi connectivity index (χ4n) is 3.58. The minimum Gasteiger partial charge on any atom is -0.367 e. The van der Waals surface area contributed by atoms with Crippen LogP contribution in [0.5, 0.6) is 0 Å². The smallest absolute Gasteiger partial charge is 0.273 e. The number of amides is 1. The average Bonchev–Trinajstić information content (AvgIpc) is 3.06. The van der Waals surface area contributed by atoms with E-state index < -0.39 is 5.60 Å². The number of ketones is 1. The summed E-state index contributed by atoms with van der Waals surface area (Å²) in [4.78, 5) is 31.2. The van der Waals surface area contributed by atoms with Crippen LogP contribution in [0.1, 0.15) is 29.8 Å². The number of pyridine rings is 1. The Bertz CT molecular complexity index is 775. The molecule has 2 aliphatic rings. The number of piperidine rings is 1. The SMILES string of the molecule is O=C(c1nccc2ccccc12)N1CC[C@]2(CCCO2)C(=O)C1. The second-order valence-corrected chi connectivity index (χ2v) is 6.23. The third kappa shape index (κ3) is 2.32. The Morgan fingerprint density at radius 1 is 1.22 bits per heavy atom. The van der Waals surface area contributed by atoms with Crippen LogP contribution in [-0.4, -0.2) is 46.9 Å². The molecule has 118 valence electrons. The minimum atomic E-state index is -0.636. The number of hydrogen-bond acceptors (Lipinski definition) is 4. The third-order valence-electron chi connectivity index (χ3n) is 4.89. The fourth-order valence-corrected chi connectivity index (χ4v) is 3.58. The van der Waals surface area contributed by atoms with Gasteiger partial charge in [-0.25, -0.2) is 0 Å². The molecule has 0 aliphatic carbocycles. The summed E-state index contributed by atoms with van der Waals surface area (Å²) in [6, 6.07) is 9.56. The Balaban J connectivity index is 1.61. The van der Waals surface area contributed by atoms with Crippen molar-refractivity contribution in [2.45, 2.75) is 24.9 Å². The highest BCUT2D eigenvalue weighted by atomic mass is 16.5. The summed E-state index contributed by atoms with van der Waals surface area (Å²) in [6.07, 6.45) is 3.93. The number of carbonyl (C=O) groups excluding carboxylic acids is 2. The molecule has 1 aromatic heterocycles. The number of fused-ring (bicyclic) bond motifs is 1. The maximum Gasteiger partial charge on any atom is 0.273 e. The van der Waals surface area contributed by atoms with Gasteiger partial charge in [-0.1, -0.05) is 24.3 Å². The summed E-state index contributed by atoms with van der Waals surface area (Å²) in [6.45, 7) is 1.30. The van der Waals surface area contributed by atoms with E-state index in [-0.39, 0.29) is 18.2 Å². The van der Waals surface area contributed by atoms with Crippen LogP contribution in [-0.2, 0) is 9.53 Å². The molecule has 5 heteroatoms. The van der Waals surface area contributed by atoms with Crippen LogP contribution in [0.3, 0.4) is 0 Å². The van der Waals surface area contributed by atoms with E-state index in [1.54, 1.807) is 11.1 Å². The van der Waals surface area contributed by atoms with Gasteiger partial charge in [0.2, 0.25) is 0 Å². The first kappa shape index (κ1) is 14.3. The van der Waals surface area contributed by atoms with Crippen LogP contribution in [0, 0.1) is 0 Å². The lowest BCUT2D eigenvalue weighted by atomic mass is 9.87. The van der Waals surface area contributed by atoms with Gasteiger partial charge in [-0.15, -0.1) is 0 Å². The van der Waals surface area contributed by atoms with Crippen molar-refractivity contribution in [1.29, 1.82) is 0 Å². The molecule has 3 heterocycles. The van der Waals surface area contributed by atoms with Crippen molar-refractivity contribution in [3.05, 3.63) is 42.2 Å². The van der Waals surface area contributed by atoms with Crippen LogP contribution in [0.15, 0.2) is 36.5 Å². The highest BCUT2D eigenvalue weighted by molar-refractivity contribution is 6.06. The Labute approximate surface area is 134 Å². The van der Waals surface area contributed by atoms with Gasteiger partial charge in [-0.05, 0) is 24.3 Å². The quantitative estimate of drug-likeness (QED) is 0.810. The maximum absolute atomic E-state index is 12.8. The number of aromatic nitrogens is 1. The van der Waals surface area contributed by atoms with Crippen LogP contribution >= 0.6 is 0 Å².